The number of ketones is 1. The van der Waals surface area contributed by atoms with Gasteiger partial charge in [0.2, 0.25) is 11.7 Å². The molecule has 8 N–H and O–H groups in total. The summed E-state index contributed by atoms with van der Waals surface area (Å²) in [6, 6.07) is 4.46. The summed E-state index contributed by atoms with van der Waals surface area (Å²) in [6.07, 6.45) is 17.2. The molecule has 4 aromatic heterocycles. The summed E-state index contributed by atoms with van der Waals surface area (Å²) < 4.78 is 79.8. The van der Waals surface area contributed by atoms with Gasteiger partial charge in [0.25, 0.3) is 17.7 Å². The van der Waals surface area contributed by atoms with Gasteiger partial charge in [-0.25, -0.2) is 24.1 Å². The van der Waals surface area contributed by atoms with E-state index >= 15 is 0 Å². The minimum absolute atomic E-state index is 0.0211. The zero-order valence-corrected chi connectivity index (χ0v) is 72.0. The van der Waals surface area contributed by atoms with Crippen LogP contribution in [0.25, 0.3) is 33.4 Å². The zero-order chi connectivity index (χ0) is 86.1. The van der Waals surface area contributed by atoms with E-state index in [1.54, 1.807) is 49.9 Å². The summed E-state index contributed by atoms with van der Waals surface area (Å²) >= 11 is 0. The van der Waals surface area contributed by atoms with Crippen molar-refractivity contribution < 1.29 is 101 Å². The number of esters is 1. The topological polar surface area (TPSA) is 429 Å². The number of ether oxygens (including phenoxy) is 12. The number of aliphatic hydroxyl groups excluding tert-OH is 2. The van der Waals surface area contributed by atoms with E-state index in [-0.39, 0.29) is 86.6 Å². The van der Waals surface area contributed by atoms with Crippen molar-refractivity contribution in [3.63, 3.8) is 0 Å². The lowest BCUT2D eigenvalue weighted by Gasteiger charge is -2.43. The van der Waals surface area contributed by atoms with E-state index in [9.17, 15) is 34.5 Å². The number of oxazole rings is 1. The lowest BCUT2D eigenvalue weighted by molar-refractivity contribution is -0.265. The van der Waals surface area contributed by atoms with Crippen molar-refractivity contribution in [3.8, 4) is 11.3 Å². The van der Waals surface area contributed by atoms with Crippen molar-refractivity contribution in [2.45, 2.75) is 225 Å². The Hall–Kier alpha value is -8.07. The molecule has 9 rings (SSSR count). The van der Waals surface area contributed by atoms with Gasteiger partial charge in [0.1, 0.15) is 53.4 Å². The van der Waals surface area contributed by atoms with E-state index in [0.717, 1.165) is 30.4 Å². The van der Waals surface area contributed by atoms with Crippen LogP contribution in [0.1, 0.15) is 150 Å². The average molecular weight is 1680 g/mol. The Balaban J connectivity index is 0.691. The number of carbonyl (C=O) groups excluding carboxylic acids is 4. The fraction of sp³-hybridized carbons (Fsp3) is 0.686. The number of unbranched alkanes of at least 4 members (excludes halogenated alkanes) is 1. The summed E-state index contributed by atoms with van der Waals surface area (Å²) in [4.78, 5) is 76.6. The number of nitrogen functional groups attached to an aromatic ring is 2. The fourth-order valence-electron chi connectivity index (χ4n) is 16.1. The highest BCUT2D eigenvalue weighted by atomic mass is 16.6. The largest absolute Gasteiger partial charge is 0.460 e. The van der Waals surface area contributed by atoms with Gasteiger partial charge in [-0.3, -0.25) is 14.4 Å². The molecule has 5 aromatic rings. The first-order valence-electron chi connectivity index (χ1n) is 42.5. The van der Waals surface area contributed by atoms with Gasteiger partial charge >= 0.3 is 5.97 Å². The number of benzene rings is 1. The number of amides is 2. The highest BCUT2D eigenvalue weighted by molar-refractivity contribution is 6.39. The predicted molar refractivity (Wildman–Crippen MR) is 447 cm³/mol. The summed E-state index contributed by atoms with van der Waals surface area (Å²) in [7, 11) is 6.32. The number of aromatic nitrogens is 8. The van der Waals surface area contributed by atoms with Crippen molar-refractivity contribution >= 4 is 63.2 Å². The smallest absolute Gasteiger partial charge is 0.329 e. The molecule has 0 unspecified atom stereocenters. The van der Waals surface area contributed by atoms with Crippen LogP contribution in [0.3, 0.4) is 0 Å². The number of piperidine rings is 1. The maximum atomic E-state index is 14.9. The molecule has 1 aliphatic carbocycles. The van der Waals surface area contributed by atoms with Gasteiger partial charge in [-0.15, -0.1) is 5.10 Å². The van der Waals surface area contributed by atoms with E-state index < -0.39 is 78.1 Å². The van der Waals surface area contributed by atoms with Crippen LogP contribution in [-0.2, 0) is 101 Å². The number of anilines is 2. The van der Waals surface area contributed by atoms with E-state index in [2.05, 4.69) is 43.6 Å². The molecule has 1 saturated carbocycles. The maximum absolute atomic E-state index is 14.9. The predicted octanol–water partition coefficient (Wildman–Crippen LogP) is 8.42. The second kappa shape index (κ2) is 49.3. The minimum atomic E-state index is -2.44. The van der Waals surface area contributed by atoms with Crippen molar-refractivity contribution in [2.24, 2.45) is 40.7 Å². The fourth-order valence-corrected chi connectivity index (χ4v) is 16.1. The van der Waals surface area contributed by atoms with Crippen molar-refractivity contribution in [1.82, 2.24) is 49.9 Å². The quantitative estimate of drug-likeness (QED) is 0.00714. The van der Waals surface area contributed by atoms with Gasteiger partial charge in [0, 0.05) is 90.7 Å². The molecule has 2 bridgehead atoms. The number of fused-ring (bicyclic) bond motifs is 5. The average Bonchev–Trinajstić information content (AvgIpc) is 1.54. The van der Waals surface area contributed by atoms with E-state index in [1.807, 2.05) is 77.1 Å². The third kappa shape index (κ3) is 28.2. The van der Waals surface area contributed by atoms with Gasteiger partial charge in [0.05, 0.1) is 134 Å². The number of oxime groups is 1. The molecule has 3 fully saturated rings. The van der Waals surface area contributed by atoms with E-state index in [0.29, 0.717) is 201 Å². The molecule has 0 spiro atoms. The monoisotopic (exact) mass is 1680 g/mol. The molecule has 666 valence electrons. The summed E-state index contributed by atoms with van der Waals surface area (Å²) in [5.41, 5.74) is 17.7. The minimum Gasteiger partial charge on any atom is -0.460 e. The Bertz CT molecular complexity index is 4150. The molecule has 34 heteroatoms. The van der Waals surface area contributed by atoms with Gasteiger partial charge < -0.3 is 103 Å². The van der Waals surface area contributed by atoms with Crippen LogP contribution in [0.2, 0.25) is 0 Å². The van der Waals surface area contributed by atoms with Crippen LogP contribution >= 0.6 is 0 Å². The summed E-state index contributed by atoms with van der Waals surface area (Å²) in [5, 5.41) is 57.1. The number of rotatable bonds is 37. The molecule has 0 radical (unpaired) electrons. The Labute approximate surface area is 704 Å². The van der Waals surface area contributed by atoms with Gasteiger partial charge in [-0.1, -0.05) is 81.4 Å². The van der Waals surface area contributed by atoms with Crippen LogP contribution in [0.5, 0.6) is 0 Å². The first kappa shape index (κ1) is 95.8. The molecule has 7 heterocycles. The third-order valence-corrected chi connectivity index (χ3v) is 23.1. The van der Waals surface area contributed by atoms with Gasteiger partial charge in [0.15, 0.2) is 17.8 Å². The number of Topliss-reactive ketones (excluding diaryl/α,β-unsaturated/α-hetero) is 1. The maximum Gasteiger partial charge on any atom is 0.329 e. The molecule has 16 atom stereocenters. The molecular weight excluding hydrogens is 1550 g/mol. The Kier molecular flexibility index (Phi) is 39.3. The van der Waals surface area contributed by atoms with E-state index in [4.69, 9.17) is 87.8 Å². The number of hydrogen-bond acceptors (Lipinski definition) is 30. The second-order valence-electron chi connectivity index (χ2n) is 32.1. The van der Waals surface area contributed by atoms with Crippen LogP contribution < -0.4 is 16.8 Å². The molecule has 3 aliphatic heterocycles. The standard InChI is InChI=1S/C86H131N13O21/c1-55-19-13-12-14-20-56(2)70(107-8)50-65-25-22-61(7)86(106,120-65)80(103)83(104)98-30-17-15-21-67(98)84(105)118-72(58(4)47-62-23-26-68(100)73(48-62)109-10)51-71(108-9)57(3)46-60(6)78(102)79(110-11)76(59(5)45-55)95-117-53-64-52-97(96-93-64)32-34-112-36-38-114-40-42-116-44-43-115-41-39-113-37-35-111-33-28-74(101)89-29-16-18-31-99-82-75(81(87)90-54-91-82)77(94-99)63-24-27-69-66(49-63)92-85(88)119-69/h12-14,19-20,24,27,46,49,52,54-55,57-59,61-62,65,67-68,70-73,78-79,100,102,106H,15-18,21-23,25-26,28-45,47-48,50-51,53H2,1-11H3,(H2,88,92)(H,89,101)(H2,87,90,91)/b14-12+,19-13+,56-20+,60-46+,95-76+/t55-,57-,58-,59-,61-,62+,65+,67+,68-,70+,71-,72+,73-,78-,79+,86-/m1/s1. The molecule has 34 nitrogen and oxygen atoms in total. The molecule has 2 saturated heterocycles. The number of cyclic esters (lactones) is 1. The Morgan fingerprint density at radius 2 is 1.48 bits per heavy atom. The number of allylic oxidation sites excluding steroid dienone is 5. The molecule has 120 heavy (non-hydrogen) atoms. The number of aliphatic hydroxyl groups is 3. The highest BCUT2D eigenvalue weighted by Crippen LogP contribution is 2.39. The number of methoxy groups -OCH3 is 4. The van der Waals surface area contributed by atoms with Gasteiger partial charge in [-0.05, 0) is 138 Å². The summed E-state index contributed by atoms with van der Waals surface area (Å²) in [6.45, 7) is 19.6. The molecule has 1 aromatic carbocycles. The highest BCUT2D eigenvalue weighted by Gasteiger charge is 2.53. The number of nitrogens with zero attached hydrogens (tertiary/aromatic N) is 10. The Morgan fingerprint density at radius 3 is 2.17 bits per heavy atom. The van der Waals surface area contributed by atoms with Gasteiger partial charge in [-0.2, -0.15) is 10.1 Å². The first-order chi connectivity index (χ1) is 57.9. The lowest BCUT2D eigenvalue weighted by atomic mass is 9.78. The second-order valence-corrected chi connectivity index (χ2v) is 32.1. The Morgan fingerprint density at radius 1 is 0.767 bits per heavy atom. The molecule has 2 amide bonds. The van der Waals surface area contributed by atoms with Crippen molar-refractivity contribution in [1.29, 1.82) is 0 Å². The number of nitrogens with two attached hydrogens (primary N) is 2. The third-order valence-electron chi connectivity index (χ3n) is 23.1. The van der Waals surface area contributed by atoms with Crippen molar-refractivity contribution in [2.75, 3.05) is 132 Å². The number of aryl methyl sites for hydroxylation is 1. The SMILES string of the molecule is CO[C@H]1C[C@@H]2CC[C@@H](C)[C@@](O)(O2)C(=O)C(=O)N2CCCC[C@H]2C(=O)O[C@H]([C@H](C)C[C@@H]2CC[C@@H](O)[C@H](OC)C2)C[C@@H](OC)[C@H](C)/C=C(\C)[C@@H](O)[C@@H](OC)/C(=N/OCc2cn(CCOCCOCCOCCOCCOCCOCCC(=O)NCCCCn3nc(-c4ccc5oc(N)nc5c4)c4c(N)ncnc43)nn2)[C@H](C)C[C@H](C)/C=C/C=C/C=C/1C. The lowest BCUT2D eigenvalue weighted by Crippen LogP contribution is -2.61. The van der Waals surface area contributed by atoms with E-state index in [1.165, 1.54) is 18.3 Å². The molecular formula is C86H131N13O21. The van der Waals surface area contributed by atoms with Crippen LogP contribution in [0, 0.1) is 35.5 Å². The summed E-state index contributed by atoms with van der Waals surface area (Å²) in [5.74, 6) is -6.41. The molecule has 4 aliphatic rings. The van der Waals surface area contributed by atoms with Crippen LogP contribution in [0.4, 0.5) is 11.8 Å². The number of hydrogen-bond donors (Lipinski definition) is 6. The normalized spacial score (nSPS) is 28.3. The first-order valence-corrected chi connectivity index (χ1v) is 42.5. The zero-order valence-electron chi connectivity index (χ0n) is 72.0. The number of carbonyl (C=O) groups is 4. The van der Waals surface area contributed by atoms with Crippen LogP contribution in [0.15, 0.2) is 87.9 Å². The number of nitrogens with one attached hydrogen (secondary N) is 1. The van der Waals surface area contributed by atoms with Crippen LogP contribution in [-0.4, -0.2) is 271 Å². The van der Waals surface area contributed by atoms with Crippen molar-refractivity contribution in [3.05, 3.63) is 84.0 Å².